The van der Waals surface area contributed by atoms with Crippen LogP contribution in [0.25, 0.3) is 5.65 Å². The van der Waals surface area contributed by atoms with Gasteiger partial charge < -0.3 is 11.1 Å². The van der Waals surface area contributed by atoms with Crippen molar-refractivity contribution < 1.29 is 4.79 Å². The maximum atomic E-state index is 11.4. The number of hydrogen-bond acceptors (Lipinski definition) is 4. The summed E-state index contributed by atoms with van der Waals surface area (Å²) in [5.74, 6) is 0.713. The number of nitrogens with one attached hydrogen (secondary N) is 1. The van der Waals surface area contributed by atoms with E-state index in [2.05, 4.69) is 15.5 Å². The minimum absolute atomic E-state index is 0.0110. The van der Waals surface area contributed by atoms with Gasteiger partial charge in [-0.3, -0.25) is 9.20 Å². The molecule has 2 aromatic rings. The molecule has 2 rings (SSSR count). The second kappa shape index (κ2) is 5.40. The highest BCUT2D eigenvalue weighted by Crippen LogP contribution is 2.02. The number of rotatable bonds is 5. The lowest BCUT2D eigenvalue weighted by molar-refractivity contribution is -0.121. The summed E-state index contributed by atoms with van der Waals surface area (Å²) < 4.78 is 1.85. The molecule has 2 aromatic heterocycles. The fourth-order valence-corrected chi connectivity index (χ4v) is 1.54. The molecule has 3 N–H and O–H groups in total. The van der Waals surface area contributed by atoms with E-state index in [9.17, 15) is 4.79 Å². The molecule has 0 aliphatic rings. The average molecular weight is 233 g/mol. The standard InChI is InChI=1S/C11H15N5O/c12-6-3-5-11(17)13-8-10-15-14-9-4-1-2-7-16(9)10/h1-2,4,7H,3,5-6,8,12H2,(H,13,17). The Morgan fingerprint density at radius 3 is 3.12 bits per heavy atom. The third kappa shape index (κ3) is 2.79. The summed E-state index contributed by atoms with van der Waals surface area (Å²) in [6.07, 6.45) is 3.02. The fraction of sp³-hybridized carbons (Fsp3) is 0.364. The van der Waals surface area contributed by atoms with E-state index < -0.39 is 0 Å². The van der Waals surface area contributed by atoms with Crippen LogP contribution in [0.5, 0.6) is 0 Å². The Kier molecular flexibility index (Phi) is 3.66. The molecule has 0 aliphatic carbocycles. The van der Waals surface area contributed by atoms with Crippen LogP contribution in [0.4, 0.5) is 0 Å². The Morgan fingerprint density at radius 1 is 1.41 bits per heavy atom. The van der Waals surface area contributed by atoms with E-state index in [1.54, 1.807) is 0 Å². The van der Waals surface area contributed by atoms with Gasteiger partial charge in [-0.1, -0.05) is 6.07 Å². The third-order valence-electron chi connectivity index (χ3n) is 2.44. The van der Waals surface area contributed by atoms with E-state index >= 15 is 0 Å². The van der Waals surface area contributed by atoms with E-state index in [0.717, 1.165) is 11.5 Å². The molecule has 0 radical (unpaired) electrons. The lowest BCUT2D eigenvalue weighted by atomic mass is 10.3. The van der Waals surface area contributed by atoms with E-state index in [1.165, 1.54) is 0 Å². The van der Waals surface area contributed by atoms with Crippen molar-refractivity contribution in [2.24, 2.45) is 5.73 Å². The molecule has 0 saturated carbocycles. The number of nitrogens with zero attached hydrogens (tertiary/aromatic N) is 3. The minimum atomic E-state index is -0.0110. The van der Waals surface area contributed by atoms with Crippen LogP contribution in [0.2, 0.25) is 0 Å². The van der Waals surface area contributed by atoms with E-state index in [-0.39, 0.29) is 5.91 Å². The molecule has 0 saturated heterocycles. The van der Waals surface area contributed by atoms with Crippen molar-refractivity contribution in [3.63, 3.8) is 0 Å². The van der Waals surface area contributed by atoms with Gasteiger partial charge in [-0.15, -0.1) is 10.2 Å². The molecule has 90 valence electrons. The quantitative estimate of drug-likeness (QED) is 0.766. The highest BCUT2D eigenvalue weighted by atomic mass is 16.1. The van der Waals surface area contributed by atoms with Crippen molar-refractivity contribution in [3.8, 4) is 0 Å². The second-order valence-electron chi connectivity index (χ2n) is 3.71. The SMILES string of the molecule is NCCCC(=O)NCc1nnc2ccccn12. The molecule has 0 aliphatic heterocycles. The topological polar surface area (TPSA) is 85.3 Å². The van der Waals surface area contributed by atoms with Crippen LogP contribution in [0.3, 0.4) is 0 Å². The van der Waals surface area contributed by atoms with Crippen LogP contribution in [0, 0.1) is 0 Å². The summed E-state index contributed by atoms with van der Waals surface area (Å²) in [5.41, 5.74) is 6.11. The predicted octanol–water partition coefficient (Wildman–Crippen LogP) is 0.0844. The van der Waals surface area contributed by atoms with Crippen LogP contribution in [-0.2, 0) is 11.3 Å². The van der Waals surface area contributed by atoms with Crippen LogP contribution < -0.4 is 11.1 Å². The van der Waals surface area contributed by atoms with Crippen LogP contribution in [0.15, 0.2) is 24.4 Å². The predicted molar refractivity (Wildman–Crippen MR) is 63.1 cm³/mol. The van der Waals surface area contributed by atoms with E-state index in [0.29, 0.717) is 25.9 Å². The number of nitrogens with two attached hydrogens (primary N) is 1. The summed E-state index contributed by atoms with van der Waals surface area (Å²) in [6, 6.07) is 5.66. The molecule has 0 unspecified atom stereocenters. The third-order valence-corrected chi connectivity index (χ3v) is 2.44. The summed E-state index contributed by atoms with van der Waals surface area (Å²) in [4.78, 5) is 11.4. The Balaban J connectivity index is 1.97. The van der Waals surface area contributed by atoms with Crippen LogP contribution in [0.1, 0.15) is 18.7 Å². The minimum Gasteiger partial charge on any atom is -0.349 e. The van der Waals surface area contributed by atoms with Crippen molar-refractivity contribution in [3.05, 3.63) is 30.2 Å². The number of carbonyl (C=O) groups is 1. The van der Waals surface area contributed by atoms with Gasteiger partial charge in [0.15, 0.2) is 11.5 Å². The number of pyridine rings is 1. The van der Waals surface area contributed by atoms with Gasteiger partial charge in [-0.2, -0.15) is 0 Å². The van der Waals surface area contributed by atoms with Crippen LogP contribution in [-0.4, -0.2) is 27.0 Å². The van der Waals surface area contributed by atoms with E-state index in [1.807, 2.05) is 28.8 Å². The molecule has 0 bridgehead atoms. The summed E-state index contributed by atoms with van der Waals surface area (Å²) in [6.45, 7) is 0.913. The highest BCUT2D eigenvalue weighted by Gasteiger charge is 2.06. The van der Waals surface area contributed by atoms with E-state index in [4.69, 9.17) is 5.73 Å². The summed E-state index contributed by atoms with van der Waals surface area (Å²) in [5, 5.41) is 10.8. The Morgan fingerprint density at radius 2 is 2.29 bits per heavy atom. The zero-order valence-corrected chi connectivity index (χ0v) is 9.47. The molecule has 0 atom stereocenters. The largest absolute Gasteiger partial charge is 0.349 e. The second-order valence-corrected chi connectivity index (χ2v) is 3.71. The van der Waals surface area contributed by atoms with Gasteiger partial charge in [0.2, 0.25) is 5.91 Å². The molecule has 1 amide bonds. The Labute approximate surface area is 98.8 Å². The first-order valence-electron chi connectivity index (χ1n) is 5.56. The number of aromatic nitrogens is 3. The molecule has 17 heavy (non-hydrogen) atoms. The van der Waals surface area contributed by atoms with Gasteiger partial charge in [0.05, 0.1) is 6.54 Å². The molecule has 2 heterocycles. The summed E-state index contributed by atoms with van der Waals surface area (Å²) in [7, 11) is 0. The van der Waals surface area contributed by atoms with Gasteiger partial charge in [0.25, 0.3) is 0 Å². The maximum absolute atomic E-state index is 11.4. The van der Waals surface area contributed by atoms with Crippen molar-refractivity contribution >= 4 is 11.6 Å². The molecular formula is C11H15N5O. The lowest BCUT2D eigenvalue weighted by Crippen LogP contribution is -2.24. The van der Waals surface area contributed by atoms with Crippen LogP contribution >= 0.6 is 0 Å². The average Bonchev–Trinajstić information content (AvgIpc) is 2.77. The molecule has 0 fully saturated rings. The first-order valence-corrected chi connectivity index (χ1v) is 5.56. The first kappa shape index (κ1) is 11.5. The number of amides is 1. The number of fused-ring (bicyclic) bond motifs is 1. The van der Waals surface area contributed by atoms with Gasteiger partial charge in [0.1, 0.15) is 0 Å². The van der Waals surface area contributed by atoms with Crippen molar-refractivity contribution in [1.82, 2.24) is 19.9 Å². The zero-order valence-electron chi connectivity index (χ0n) is 9.47. The van der Waals surface area contributed by atoms with Crippen molar-refractivity contribution in [2.45, 2.75) is 19.4 Å². The molecule has 6 nitrogen and oxygen atoms in total. The normalized spacial score (nSPS) is 10.6. The molecule has 0 spiro atoms. The first-order chi connectivity index (χ1) is 8.31. The number of hydrogen-bond donors (Lipinski definition) is 2. The molecule has 0 aromatic carbocycles. The van der Waals surface area contributed by atoms with Crippen molar-refractivity contribution in [2.75, 3.05) is 6.54 Å². The molecule has 6 heteroatoms. The highest BCUT2D eigenvalue weighted by molar-refractivity contribution is 5.75. The summed E-state index contributed by atoms with van der Waals surface area (Å²) >= 11 is 0. The molecular weight excluding hydrogens is 218 g/mol. The van der Waals surface area contributed by atoms with Gasteiger partial charge in [0, 0.05) is 12.6 Å². The fourth-order valence-electron chi connectivity index (χ4n) is 1.54. The lowest BCUT2D eigenvalue weighted by Gasteiger charge is -2.03. The number of carbonyl (C=O) groups excluding carboxylic acids is 1. The van der Waals surface area contributed by atoms with Gasteiger partial charge in [-0.05, 0) is 25.1 Å². The Hall–Kier alpha value is -1.95. The monoisotopic (exact) mass is 233 g/mol. The smallest absolute Gasteiger partial charge is 0.220 e. The van der Waals surface area contributed by atoms with Gasteiger partial charge in [-0.25, -0.2) is 0 Å². The maximum Gasteiger partial charge on any atom is 0.220 e. The zero-order chi connectivity index (χ0) is 12.1. The Bertz CT molecular complexity index is 507. The van der Waals surface area contributed by atoms with Gasteiger partial charge >= 0.3 is 0 Å². The van der Waals surface area contributed by atoms with Crippen molar-refractivity contribution in [1.29, 1.82) is 0 Å².